The minimum atomic E-state index is -4.65. The topological polar surface area (TPSA) is 68.0 Å². The third-order valence-electron chi connectivity index (χ3n) is 6.94. The Morgan fingerprint density at radius 3 is 2.62 bits per heavy atom. The van der Waals surface area contributed by atoms with E-state index in [2.05, 4.69) is 31.7 Å². The van der Waals surface area contributed by atoms with E-state index in [1.807, 2.05) is 20.2 Å². The number of benzene rings is 2. The second-order valence-electron chi connectivity index (χ2n) is 9.95. The quantitative estimate of drug-likeness (QED) is 0.265. The number of aromatic nitrogens is 3. The molecule has 0 spiro atoms. The first-order valence-corrected chi connectivity index (χ1v) is 12.0. The lowest BCUT2D eigenvalue weighted by Gasteiger charge is -2.40. The number of aromatic amines is 2. The molecule has 3 heterocycles. The summed E-state index contributed by atoms with van der Waals surface area (Å²) in [6, 6.07) is 9.77. The Labute approximate surface area is 211 Å². The van der Waals surface area contributed by atoms with E-state index in [1.165, 1.54) is 30.5 Å². The normalized spacial score (nSPS) is 18.6. The lowest BCUT2D eigenvalue weighted by Crippen LogP contribution is -2.48. The van der Waals surface area contributed by atoms with Gasteiger partial charge in [-0.2, -0.15) is 13.2 Å². The number of nitrogens with zero attached hydrogens (tertiary/aromatic N) is 3. The number of piperidine rings is 1. The third-order valence-corrected chi connectivity index (χ3v) is 6.94. The van der Waals surface area contributed by atoms with Crippen LogP contribution < -0.4 is 4.90 Å². The average molecular weight is 514 g/mol. The fourth-order valence-corrected chi connectivity index (χ4v) is 5.02. The summed E-state index contributed by atoms with van der Waals surface area (Å²) in [4.78, 5) is 27.6. The molecule has 0 bridgehead atoms. The van der Waals surface area contributed by atoms with Gasteiger partial charge < -0.3 is 19.8 Å². The van der Waals surface area contributed by atoms with Crippen LogP contribution in [0.2, 0.25) is 0 Å². The Hall–Kier alpha value is -3.66. The van der Waals surface area contributed by atoms with E-state index in [0.29, 0.717) is 23.2 Å². The Bertz CT molecular complexity index is 1450. The fraction of sp³-hybridized carbons (Fsp3) is 0.333. The number of carbonyl (C=O) groups is 1. The molecule has 2 aromatic heterocycles. The zero-order chi connectivity index (χ0) is 26.5. The zero-order valence-electron chi connectivity index (χ0n) is 20.7. The van der Waals surface area contributed by atoms with E-state index >= 15 is 4.39 Å². The standard InChI is InChI=1S/C27H27F4N5O/c1-15-8-18(35(2)3)14-36(13-15)17-10-21(28)24-22(11-17)33-26(34-24)23-9-16(12-32-23)25(37)19-6-4-5-7-20(19)27(29,30)31/h4-7,9-12,15,18,32H,8,13-14H2,1-3H3,(H,33,34)/t15-,18+/m0/s1. The van der Waals surface area contributed by atoms with E-state index in [0.717, 1.165) is 37.3 Å². The summed E-state index contributed by atoms with van der Waals surface area (Å²) < 4.78 is 55.3. The second-order valence-corrected chi connectivity index (χ2v) is 9.95. The first-order chi connectivity index (χ1) is 17.5. The highest BCUT2D eigenvalue weighted by Gasteiger charge is 2.35. The fourth-order valence-electron chi connectivity index (χ4n) is 5.02. The van der Waals surface area contributed by atoms with Gasteiger partial charge in [-0.05, 0) is 50.7 Å². The van der Waals surface area contributed by atoms with Crippen molar-refractivity contribution in [2.24, 2.45) is 5.92 Å². The first kappa shape index (κ1) is 25.0. The molecule has 194 valence electrons. The summed E-state index contributed by atoms with van der Waals surface area (Å²) in [6.45, 7) is 3.78. The smallest absolute Gasteiger partial charge is 0.370 e. The maximum atomic E-state index is 15.1. The predicted molar refractivity (Wildman–Crippen MR) is 134 cm³/mol. The average Bonchev–Trinajstić information content (AvgIpc) is 3.50. The van der Waals surface area contributed by atoms with Crippen molar-refractivity contribution in [2.75, 3.05) is 32.1 Å². The molecule has 1 fully saturated rings. The van der Waals surface area contributed by atoms with Crippen LogP contribution in [0.5, 0.6) is 0 Å². The number of imidazole rings is 1. The molecule has 1 saturated heterocycles. The van der Waals surface area contributed by atoms with Gasteiger partial charge in [0.05, 0.1) is 16.8 Å². The number of hydrogen-bond donors (Lipinski definition) is 2. The van der Waals surface area contributed by atoms with Crippen LogP contribution in [0.3, 0.4) is 0 Å². The Kier molecular flexibility index (Phi) is 6.31. The van der Waals surface area contributed by atoms with E-state index in [1.54, 1.807) is 0 Å². The number of carbonyl (C=O) groups excluding carboxylic acids is 1. The Morgan fingerprint density at radius 2 is 1.89 bits per heavy atom. The van der Waals surface area contributed by atoms with Gasteiger partial charge in [-0.1, -0.05) is 25.1 Å². The lowest BCUT2D eigenvalue weighted by atomic mass is 9.94. The summed E-state index contributed by atoms with van der Waals surface area (Å²) in [6.07, 6.45) is -2.25. The van der Waals surface area contributed by atoms with Crippen molar-refractivity contribution in [1.82, 2.24) is 19.9 Å². The van der Waals surface area contributed by atoms with E-state index < -0.39 is 28.9 Å². The van der Waals surface area contributed by atoms with Gasteiger partial charge in [0.25, 0.3) is 0 Å². The molecule has 4 aromatic rings. The van der Waals surface area contributed by atoms with Crippen LogP contribution in [-0.4, -0.2) is 58.9 Å². The SMILES string of the molecule is C[C@H]1C[C@@H](N(C)C)CN(c2cc(F)c3nc(-c4cc(C(=O)c5ccccc5C(F)(F)F)c[nH]4)[nH]c3c2)C1. The van der Waals surface area contributed by atoms with Gasteiger partial charge in [-0.25, -0.2) is 9.37 Å². The molecule has 6 nitrogen and oxygen atoms in total. The van der Waals surface area contributed by atoms with Gasteiger partial charge in [-0.3, -0.25) is 4.79 Å². The highest BCUT2D eigenvalue weighted by Crippen LogP contribution is 2.34. The monoisotopic (exact) mass is 513 g/mol. The number of rotatable bonds is 5. The number of H-pyrrole nitrogens is 2. The van der Waals surface area contributed by atoms with Crippen LogP contribution in [0.1, 0.15) is 34.8 Å². The number of nitrogens with one attached hydrogen (secondary N) is 2. The van der Waals surface area contributed by atoms with Crippen LogP contribution in [0.4, 0.5) is 23.2 Å². The molecule has 0 unspecified atom stereocenters. The van der Waals surface area contributed by atoms with Gasteiger partial charge in [0.2, 0.25) is 0 Å². The molecule has 0 radical (unpaired) electrons. The van der Waals surface area contributed by atoms with E-state index in [9.17, 15) is 18.0 Å². The number of ketones is 1. The minimum absolute atomic E-state index is 0.0466. The Morgan fingerprint density at radius 1 is 1.14 bits per heavy atom. The molecular weight excluding hydrogens is 486 g/mol. The highest BCUT2D eigenvalue weighted by molar-refractivity contribution is 6.10. The van der Waals surface area contributed by atoms with Crippen LogP contribution in [0, 0.1) is 11.7 Å². The number of likely N-dealkylation sites (N-methyl/N-ethyl adjacent to an activating group) is 1. The van der Waals surface area contributed by atoms with Crippen molar-refractivity contribution < 1.29 is 22.4 Å². The number of fused-ring (bicyclic) bond motifs is 1. The Balaban J connectivity index is 1.45. The van der Waals surface area contributed by atoms with Crippen molar-refractivity contribution in [1.29, 1.82) is 0 Å². The molecule has 0 aliphatic carbocycles. The molecule has 2 aromatic carbocycles. The van der Waals surface area contributed by atoms with Crippen LogP contribution in [0.15, 0.2) is 48.7 Å². The lowest BCUT2D eigenvalue weighted by molar-refractivity contribution is -0.137. The van der Waals surface area contributed by atoms with Gasteiger partial charge in [0.15, 0.2) is 17.4 Å². The molecule has 2 atom stereocenters. The van der Waals surface area contributed by atoms with Crippen molar-refractivity contribution in [3.8, 4) is 11.5 Å². The van der Waals surface area contributed by atoms with Gasteiger partial charge in [0, 0.05) is 42.1 Å². The molecule has 5 rings (SSSR count). The minimum Gasteiger partial charge on any atom is -0.370 e. The van der Waals surface area contributed by atoms with Crippen LogP contribution >= 0.6 is 0 Å². The van der Waals surface area contributed by atoms with Crippen LogP contribution in [-0.2, 0) is 6.18 Å². The van der Waals surface area contributed by atoms with Gasteiger partial charge in [-0.15, -0.1) is 0 Å². The summed E-state index contributed by atoms with van der Waals surface area (Å²) in [5, 5.41) is 0. The molecule has 2 N–H and O–H groups in total. The molecule has 1 aliphatic rings. The van der Waals surface area contributed by atoms with Crippen LogP contribution in [0.25, 0.3) is 22.6 Å². The van der Waals surface area contributed by atoms with Gasteiger partial charge in [0.1, 0.15) is 5.52 Å². The summed E-state index contributed by atoms with van der Waals surface area (Å²) in [7, 11) is 4.09. The van der Waals surface area contributed by atoms with Gasteiger partial charge >= 0.3 is 6.18 Å². The zero-order valence-corrected chi connectivity index (χ0v) is 20.7. The molecule has 10 heteroatoms. The maximum absolute atomic E-state index is 15.1. The number of hydrogen-bond acceptors (Lipinski definition) is 4. The summed E-state index contributed by atoms with van der Waals surface area (Å²) in [5.41, 5.74) is 0.379. The third kappa shape index (κ3) is 4.85. The molecule has 0 amide bonds. The van der Waals surface area contributed by atoms with Crippen molar-refractivity contribution in [3.05, 3.63) is 71.2 Å². The van der Waals surface area contributed by atoms with Crippen molar-refractivity contribution in [3.63, 3.8) is 0 Å². The number of halogens is 4. The van der Waals surface area contributed by atoms with E-state index in [-0.39, 0.29) is 16.9 Å². The summed E-state index contributed by atoms with van der Waals surface area (Å²) >= 11 is 0. The maximum Gasteiger partial charge on any atom is 0.417 e. The van der Waals surface area contributed by atoms with Crippen molar-refractivity contribution >= 4 is 22.5 Å². The predicted octanol–water partition coefficient (Wildman–Crippen LogP) is 5.72. The van der Waals surface area contributed by atoms with E-state index in [4.69, 9.17) is 0 Å². The van der Waals surface area contributed by atoms with Crippen molar-refractivity contribution in [2.45, 2.75) is 25.6 Å². The highest BCUT2D eigenvalue weighted by atomic mass is 19.4. The molecule has 37 heavy (non-hydrogen) atoms. The molecule has 0 saturated carbocycles. The number of anilines is 1. The largest absolute Gasteiger partial charge is 0.417 e. The summed E-state index contributed by atoms with van der Waals surface area (Å²) in [5.74, 6) is -0.506. The molecule has 1 aliphatic heterocycles. The molecular formula is C27H27F4N5O. The number of alkyl halides is 3. The second kappa shape index (κ2) is 9.33. The first-order valence-electron chi connectivity index (χ1n) is 12.0.